The molecule has 1 atom stereocenters. The summed E-state index contributed by atoms with van der Waals surface area (Å²) in [5.74, 6) is -0.481. The second-order valence-electron chi connectivity index (χ2n) is 5.66. The van der Waals surface area contributed by atoms with Gasteiger partial charge < -0.3 is 4.74 Å². The van der Waals surface area contributed by atoms with E-state index in [0.717, 1.165) is 0 Å². The molecule has 1 aromatic carbocycles. The molecule has 3 nitrogen and oxygen atoms in total. The highest BCUT2D eigenvalue weighted by Gasteiger charge is 2.45. The Bertz CT molecular complexity index is 512. The van der Waals surface area contributed by atoms with Gasteiger partial charge in [0.2, 0.25) is 0 Å². The molecule has 0 aliphatic carbocycles. The molecule has 1 saturated heterocycles. The lowest BCUT2D eigenvalue weighted by molar-refractivity contribution is -0.0675. The fourth-order valence-electron chi connectivity index (χ4n) is 1.78. The van der Waals surface area contributed by atoms with Crippen molar-refractivity contribution in [1.29, 1.82) is 0 Å². The maximum absolute atomic E-state index is 14.1. The van der Waals surface area contributed by atoms with Crippen molar-refractivity contribution in [2.45, 2.75) is 31.1 Å². The molecule has 0 bridgehead atoms. The van der Waals surface area contributed by atoms with Gasteiger partial charge in [0.25, 0.3) is 0 Å². The van der Waals surface area contributed by atoms with Crippen molar-refractivity contribution in [3.63, 3.8) is 0 Å². The van der Waals surface area contributed by atoms with E-state index in [1.807, 2.05) is 20.8 Å². The van der Waals surface area contributed by atoms with Crippen LogP contribution in [0.3, 0.4) is 0 Å². The van der Waals surface area contributed by atoms with Crippen LogP contribution in [-0.2, 0) is 21.3 Å². The number of halogens is 2. The smallest absolute Gasteiger partial charge is 0.147 e. The highest BCUT2D eigenvalue weighted by atomic mass is 35.5. The van der Waals surface area contributed by atoms with Crippen LogP contribution in [0.25, 0.3) is 0 Å². The molecule has 19 heavy (non-hydrogen) atoms. The average Bonchev–Trinajstić information content (AvgIpc) is 2.26. The van der Waals surface area contributed by atoms with E-state index < -0.39 is 27.1 Å². The second-order valence-corrected chi connectivity index (χ2v) is 8.03. The van der Waals surface area contributed by atoms with Crippen LogP contribution in [0.15, 0.2) is 18.2 Å². The summed E-state index contributed by atoms with van der Waals surface area (Å²) in [6.45, 7) is 6.14. The zero-order valence-electron chi connectivity index (χ0n) is 11.1. The fraction of sp³-hybridized carbons (Fsp3) is 0.538. The fourth-order valence-corrected chi connectivity index (χ4v) is 2.84. The zero-order chi connectivity index (χ0) is 14.3. The summed E-state index contributed by atoms with van der Waals surface area (Å²) in [5, 5.41) is 0.0621. The maximum atomic E-state index is 14.1. The molecule has 1 aromatic rings. The van der Waals surface area contributed by atoms with Crippen molar-refractivity contribution in [2.24, 2.45) is 0 Å². The predicted molar refractivity (Wildman–Crippen MR) is 74.9 cm³/mol. The van der Waals surface area contributed by atoms with Gasteiger partial charge in [-0.1, -0.05) is 23.7 Å². The van der Waals surface area contributed by atoms with Crippen molar-refractivity contribution in [3.05, 3.63) is 34.6 Å². The standard InChI is InChI=1S/C13H17ClFNO2S/c1-12(2,3)19(17)16-13(7-18-8-13)9-5-4-6-10(14)11(9)15/h4-6,16H,7-8H2,1-3H3. The molecule has 1 aliphatic heterocycles. The van der Waals surface area contributed by atoms with E-state index >= 15 is 0 Å². The van der Waals surface area contributed by atoms with Gasteiger partial charge >= 0.3 is 0 Å². The minimum absolute atomic E-state index is 0.0621. The molecule has 0 radical (unpaired) electrons. The monoisotopic (exact) mass is 305 g/mol. The highest BCUT2D eigenvalue weighted by molar-refractivity contribution is 7.84. The number of hydrogen-bond donors (Lipinski definition) is 1. The molecule has 6 heteroatoms. The molecule has 1 fully saturated rings. The van der Waals surface area contributed by atoms with Gasteiger partial charge in [-0.3, -0.25) is 0 Å². The van der Waals surface area contributed by atoms with Crippen LogP contribution in [0.5, 0.6) is 0 Å². The molecule has 1 aliphatic rings. The van der Waals surface area contributed by atoms with Crippen molar-refractivity contribution in [1.82, 2.24) is 4.72 Å². The lowest BCUT2D eigenvalue weighted by Gasteiger charge is -2.43. The Morgan fingerprint density at radius 1 is 1.42 bits per heavy atom. The summed E-state index contributed by atoms with van der Waals surface area (Å²) in [6.07, 6.45) is 0. The van der Waals surface area contributed by atoms with E-state index in [1.54, 1.807) is 12.1 Å². The van der Waals surface area contributed by atoms with Gasteiger partial charge in [0.15, 0.2) is 0 Å². The summed E-state index contributed by atoms with van der Waals surface area (Å²) in [6, 6.07) is 4.83. The first-order chi connectivity index (χ1) is 8.76. The Balaban J connectivity index is 2.33. The minimum Gasteiger partial charge on any atom is -0.377 e. The first-order valence-electron chi connectivity index (χ1n) is 5.98. The molecular formula is C13H17ClFNO2S. The average molecular weight is 306 g/mol. The van der Waals surface area contributed by atoms with Gasteiger partial charge in [-0.05, 0) is 26.8 Å². The minimum atomic E-state index is -1.31. The Kier molecular flexibility index (Phi) is 4.02. The SMILES string of the molecule is CC(C)(C)S(=O)NC1(c2cccc(Cl)c2F)COC1. The largest absolute Gasteiger partial charge is 0.377 e. The predicted octanol–water partition coefficient (Wildman–Crippen LogP) is 2.76. The Morgan fingerprint density at radius 2 is 2.05 bits per heavy atom. The lowest BCUT2D eigenvalue weighted by atomic mass is 9.89. The molecule has 0 saturated carbocycles. The van der Waals surface area contributed by atoms with Crippen LogP contribution in [0, 0.1) is 5.82 Å². The second kappa shape index (κ2) is 5.13. The Labute approximate surface area is 120 Å². The maximum Gasteiger partial charge on any atom is 0.147 e. The van der Waals surface area contributed by atoms with Gasteiger partial charge in [-0.2, -0.15) is 0 Å². The molecule has 0 spiro atoms. The molecule has 1 heterocycles. The summed E-state index contributed by atoms with van der Waals surface area (Å²) in [5.41, 5.74) is -0.350. The van der Waals surface area contributed by atoms with Crippen LogP contribution in [0.1, 0.15) is 26.3 Å². The van der Waals surface area contributed by atoms with E-state index in [2.05, 4.69) is 4.72 Å². The van der Waals surface area contributed by atoms with E-state index in [0.29, 0.717) is 5.56 Å². The third-order valence-corrected chi connectivity index (χ3v) is 4.99. The first kappa shape index (κ1) is 14.9. The Morgan fingerprint density at radius 3 is 2.53 bits per heavy atom. The lowest BCUT2D eigenvalue weighted by Crippen LogP contribution is -2.60. The molecule has 1 unspecified atom stereocenters. The third kappa shape index (κ3) is 2.84. The van der Waals surface area contributed by atoms with Crippen LogP contribution < -0.4 is 4.72 Å². The number of nitrogens with one attached hydrogen (secondary N) is 1. The quantitative estimate of drug-likeness (QED) is 0.932. The van der Waals surface area contributed by atoms with Crippen LogP contribution >= 0.6 is 11.6 Å². The number of hydrogen-bond acceptors (Lipinski definition) is 2. The molecule has 2 rings (SSSR count). The van der Waals surface area contributed by atoms with E-state index in [-0.39, 0.29) is 18.2 Å². The van der Waals surface area contributed by atoms with E-state index in [1.165, 1.54) is 6.07 Å². The molecule has 0 amide bonds. The normalized spacial score (nSPS) is 19.8. The summed E-state index contributed by atoms with van der Waals surface area (Å²) < 4.78 is 34.1. The third-order valence-electron chi connectivity index (χ3n) is 3.01. The Hall–Kier alpha value is -0.490. The van der Waals surface area contributed by atoms with Gasteiger partial charge in [-0.25, -0.2) is 13.3 Å². The summed E-state index contributed by atoms with van der Waals surface area (Å²) in [4.78, 5) is 0. The first-order valence-corrected chi connectivity index (χ1v) is 7.51. The van der Waals surface area contributed by atoms with Crippen LogP contribution in [0.4, 0.5) is 4.39 Å². The summed E-state index contributed by atoms with van der Waals surface area (Å²) >= 11 is 5.81. The van der Waals surface area contributed by atoms with Gasteiger partial charge in [-0.15, -0.1) is 0 Å². The van der Waals surface area contributed by atoms with Crippen LogP contribution in [-0.4, -0.2) is 22.2 Å². The van der Waals surface area contributed by atoms with E-state index in [4.69, 9.17) is 16.3 Å². The molecule has 0 aromatic heterocycles. The van der Waals surface area contributed by atoms with Crippen molar-refractivity contribution >= 4 is 22.6 Å². The summed E-state index contributed by atoms with van der Waals surface area (Å²) in [7, 11) is -1.31. The van der Waals surface area contributed by atoms with Crippen molar-refractivity contribution < 1.29 is 13.3 Å². The number of benzene rings is 1. The van der Waals surface area contributed by atoms with Gasteiger partial charge in [0.05, 0.1) is 34.0 Å². The molecule has 1 N–H and O–H groups in total. The number of rotatable bonds is 3. The number of ether oxygens (including phenoxy) is 1. The van der Waals surface area contributed by atoms with Crippen molar-refractivity contribution in [3.8, 4) is 0 Å². The zero-order valence-corrected chi connectivity index (χ0v) is 12.7. The topological polar surface area (TPSA) is 38.3 Å². The van der Waals surface area contributed by atoms with Gasteiger partial charge in [0, 0.05) is 5.56 Å². The van der Waals surface area contributed by atoms with Crippen LogP contribution in [0.2, 0.25) is 5.02 Å². The van der Waals surface area contributed by atoms with E-state index in [9.17, 15) is 8.60 Å². The molecule has 106 valence electrons. The van der Waals surface area contributed by atoms with Crippen molar-refractivity contribution in [2.75, 3.05) is 13.2 Å². The highest BCUT2D eigenvalue weighted by Crippen LogP contribution is 2.35. The molecular weight excluding hydrogens is 289 g/mol. The van der Waals surface area contributed by atoms with Gasteiger partial charge in [0.1, 0.15) is 11.4 Å².